The van der Waals surface area contributed by atoms with E-state index >= 15 is 0 Å². The highest BCUT2D eigenvalue weighted by molar-refractivity contribution is 7.89. The van der Waals surface area contributed by atoms with Gasteiger partial charge in [0.1, 0.15) is 5.82 Å². The molecule has 1 aromatic heterocycles. The van der Waals surface area contributed by atoms with E-state index in [0.717, 1.165) is 5.82 Å². The number of aliphatic hydroxyl groups excluding tert-OH is 1. The average molecular weight is 295 g/mol. The summed E-state index contributed by atoms with van der Waals surface area (Å²) in [7, 11) is -3.58. The monoisotopic (exact) mass is 295 g/mol. The molecule has 2 rings (SSSR count). The number of hydrogen-bond donors (Lipinski definition) is 3. The lowest BCUT2D eigenvalue weighted by atomic mass is 10.1. The van der Waals surface area contributed by atoms with Gasteiger partial charge in [0.25, 0.3) is 0 Å². The third kappa shape index (κ3) is 3.24. The molecule has 0 spiro atoms. The van der Waals surface area contributed by atoms with E-state index < -0.39 is 10.0 Å². The summed E-state index contributed by atoms with van der Waals surface area (Å²) in [6, 6.07) is 4.86. The SMILES string of the molecule is Cc1c(CO)cccc1S(=O)(=O)NCCc1ncc[nH]1. The Morgan fingerprint density at radius 3 is 2.85 bits per heavy atom. The number of aromatic nitrogens is 2. The highest BCUT2D eigenvalue weighted by atomic mass is 32.2. The van der Waals surface area contributed by atoms with Gasteiger partial charge in [0, 0.05) is 25.4 Å². The van der Waals surface area contributed by atoms with Gasteiger partial charge in [-0.05, 0) is 24.1 Å². The normalized spacial score (nSPS) is 11.7. The van der Waals surface area contributed by atoms with Crippen molar-refractivity contribution in [2.24, 2.45) is 0 Å². The molecule has 0 radical (unpaired) electrons. The Labute approximate surface area is 117 Å². The number of benzene rings is 1. The van der Waals surface area contributed by atoms with Crippen LogP contribution in [0.15, 0.2) is 35.5 Å². The van der Waals surface area contributed by atoms with E-state index in [1.165, 1.54) is 6.07 Å². The number of H-pyrrole nitrogens is 1. The fourth-order valence-electron chi connectivity index (χ4n) is 1.94. The van der Waals surface area contributed by atoms with E-state index in [1.807, 2.05) is 0 Å². The minimum atomic E-state index is -3.58. The van der Waals surface area contributed by atoms with Crippen molar-refractivity contribution in [2.45, 2.75) is 24.8 Å². The van der Waals surface area contributed by atoms with Gasteiger partial charge in [-0.3, -0.25) is 0 Å². The Kier molecular flexibility index (Phi) is 4.53. The topological polar surface area (TPSA) is 95.1 Å². The molecule has 0 saturated carbocycles. The Bertz CT molecular complexity index is 666. The third-order valence-corrected chi connectivity index (χ3v) is 4.67. The lowest BCUT2D eigenvalue weighted by Crippen LogP contribution is -2.27. The van der Waals surface area contributed by atoms with Crippen LogP contribution in [-0.2, 0) is 23.1 Å². The van der Waals surface area contributed by atoms with E-state index in [2.05, 4.69) is 14.7 Å². The largest absolute Gasteiger partial charge is 0.392 e. The van der Waals surface area contributed by atoms with Crippen molar-refractivity contribution in [1.29, 1.82) is 0 Å². The van der Waals surface area contributed by atoms with Crippen LogP contribution in [0.3, 0.4) is 0 Å². The lowest BCUT2D eigenvalue weighted by Gasteiger charge is -2.11. The van der Waals surface area contributed by atoms with Gasteiger partial charge in [0.2, 0.25) is 10.0 Å². The fraction of sp³-hybridized carbons (Fsp3) is 0.308. The summed E-state index contributed by atoms with van der Waals surface area (Å²) in [4.78, 5) is 7.14. The first kappa shape index (κ1) is 14.7. The molecule has 7 heteroatoms. The number of nitrogens with one attached hydrogen (secondary N) is 2. The molecule has 0 aliphatic carbocycles. The van der Waals surface area contributed by atoms with Crippen molar-refractivity contribution in [2.75, 3.05) is 6.54 Å². The molecule has 0 saturated heterocycles. The maximum atomic E-state index is 12.2. The number of rotatable bonds is 6. The average Bonchev–Trinajstić information content (AvgIpc) is 2.91. The minimum absolute atomic E-state index is 0.179. The highest BCUT2D eigenvalue weighted by Gasteiger charge is 2.17. The maximum absolute atomic E-state index is 12.2. The van der Waals surface area contributed by atoms with Crippen molar-refractivity contribution in [3.63, 3.8) is 0 Å². The van der Waals surface area contributed by atoms with Crippen molar-refractivity contribution < 1.29 is 13.5 Å². The zero-order valence-corrected chi connectivity index (χ0v) is 11.9. The third-order valence-electron chi connectivity index (χ3n) is 3.06. The smallest absolute Gasteiger partial charge is 0.240 e. The van der Waals surface area contributed by atoms with Gasteiger partial charge in [-0.25, -0.2) is 18.1 Å². The molecular formula is C13H17N3O3S. The van der Waals surface area contributed by atoms with Crippen molar-refractivity contribution in [3.05, 3.63) is 47.5 Å². The van der Waals surface area contributed by atoms with E-state index in [1.54, 1.807) is 31.5 Å². The van der Waals surface area contributed by atoms with Crippen molar-refractivity contribution in [3.8, 4) is 0 Å². The van der Waals surface area contributed by atoms with Gasteiger partial charge in [0.15, 0.2) is 0 Å². The molecule has 0 bridgehead atoms. The first-order chi connectivity index (χ1) is 9.54. The molecule has 0 fully saturated rings. The van der Waals surface area contributed by atoms with E-state index in [-0.39, 0.29) is 18.0 Å². The molecule has 6 nitrogen and oxygen atoms in total. The quantitative estimate of drug-likeness (QED) is 0.732. The van der Waals surface area contributed by atoms with Crippen LogP contribution >= 0.6 is 0 Å². The minimum Gasteiger partial charge on any atom is -0.392 e. The number of sulfonamides is 1. The maximum Gasteiger partial charge on any atom is 0.240 e. The molecule has 1 aromatic carbocycles. The summed E-state index contributed by atoms with van der Waals surface area (Å²) in [5.41, 5.74) is 1.18. The first-order valence-electron chi connectivity index (χ1n) is 6.22. The number of nitrogens with zero attached hydrogens (tertiary/aromatic N) is 1. The summed E-state index contributed by atoms with van der Waals surface area (Å²) < 4.78 is 27.0. The zero-order chi connectivity index (χ0) is 14.6. The van der Waals surface area contributed by atoms with Gasteiger partial charge in [0.05, 0.1) is 11.5 Å². The van der Waals surface area contributed by atoms with E-state index in [0.29, 0.717) is 17.5 Å². The number of hydrogen-bond acceptors (Lipinski definition) is 4. The summed E-state index contributed by atoms with van der Waals surface area (Å²) in [6.07, 6.45) is 3.81. The second kappa shape index (κ2) is 6.17. The Balaban J connectivity index is 2.10. The summed E-state index contributed by atoms with van der Waals surface area (Å²) in [6.45, 7) is 1.77. The molecule has 20 heavy (non-hydrogen) atoms. The summed E-state index contributed by atoms with van der Waals surface area (Å²) in [5, 5.41) is 9.18. The molecule has 108 valence electrons. The summed E-state index contributed by atoms with van der Waals surface area (Å²) >= 11 is 0. The Morgan fingerprint density at radius 2 is 2.20 bits per heavy atom. The second-order valence-electron chi connectivity index (χ2n) is 4.38. The van der Waals surface area contributed by atoms with Crippen molar-refractivity contribution in [1.82, 2.24) is 14.7 Å². The van der Waals surface area contributed by atoms with Gasteiger partial charge in [-0.1, -0.05) is 12.1 Å². The van der Waals surface area contributed by atoms with E-state index in [9.17, 15) is 13.5 Å². The highest BCUT2D eigenvalue weighted by Crippen LogP contribution is 2.18. The van der Waals surface area contributed by atoms with E-state index in [4.69, 9.17) is 0 Å². The van der Waals surface area contributed by atoms with Gasteiger partial charge in [-0.2, -0.15) is 0 Å². The number of imidazole rings is 1. The van der Waals surface area contributed by atoms with Crippen LogP contribution in [0.5, 0.6) is 0 Å². The van der Waals surface area contributed by atoms with Crippen LogP contribution < -0.4 is 4.72 Å². The van der Waals surface area contributed by atoms with Crippen LogP contribution in [0.1, 0.15) is 17.0 Å². The van der Waals surface area contributed by atoms with Crippen LogP contribution in [0.2, 0.25) is 0 Å². The van der Waals surface area contributed by atoms with Crippen molar-refractivity contribution >= 4 is 10.0 Å². The van der Waals surface area contributed by atoms with Gasteiger partial charge in [-0.15, -0.1) is 0 Å². The molecular weight excluding hydrogens is 278 g/mol. The molecule has 3 N–H and O–H groups in total. The molecule has 0 atom stereocenters. The lowest BCUT2D eigenvalue weighted by molar-refractivity contribution is 0.280. The van der Waals surface area contributed by atoms with Crippen LogP contribution in [0.4, 0.5) is 0 Å². The molecule has 1 heterocycles. The zero-order valence-electron chi connectivity index (χ0n) is 11.1. The van der Waals surface area contributed by atoms with Crippen LogP contribution in [0.25, 0.3) is 0 Å². The Morgan fingerprint density at radius 1 is 1.40 bits per heavy atom. The molecule has 0 unspecified atom stereocenters. The van der Waals surface area contributed by atoms with Gasteiger partial charge >= 0.3 is 0 Å². The van der Waals surface area contributed by atoms with Crippen LogP contribution in [0, 0.1) is 6.92 Å². The van der Waals surface area contributed by atoms with Crippen LogP contribution in [-0.4, -0.2) is 30.0 Å². The number of aromatic amines is 1. The molecule has 0 amide bonds. The number of aliphatic hydroxyl groups is 1. The first-order valence-corrected chi connectivity index (χ1v) is 7.70. The predicted molar refractivity (Wildman–Crippen MR) is 74.6 cm³/mol. The predicted octanol–water partition coefficient (Wildman–Crippen LogP) is 0.731. The second-order valence-corrected chi connectivity index (χ2v) is 6.12. The summed E-state index contributed by atoms with van der Waals surface area (Å²) in [5.74, 6) is 0.730. The van der Waals surface area contributed by atoms with Gasteiger partial charge < -0.3 is 10.1 Å². The fourth-order valence-corrected chi connectivity index (χ4v) is 3.26. The Hall–Kier alpha value is -1.70. The molecule has 0 aliphatic heterocycles. The molecule has 2 aromatic rings. The molecule has 0 aliphatic rings. The standard InChI is InChI=1S/C13H17N3O3S/c1-10-11(9-17)3-2-4-12(10)20(18,19)16-6-5-13-14-7-8-15-13/h2-4,7-8,16-17H,5-6,9H2,1H3,(H,14,15).